The minimum absolute atomic E-state index is 0.0124. The third-order valence-corrected chi connectivity index (χ3v) is 14.1. The van der Waals surface area contributed by atoms with E-state index in [4.69, 9.17) is 15.0 Å². The lowest BCUT2D eigenvalue weighted by molar-refractivity contribution is 0.592. The highest BCUT2D eigenvalue weighted by atomic mass is 15.0. The van der Waals surface area contributed by atoms with Crippen LogP contribution >= 0.6 is 0 Å². The Bertz CT molecular complexity index is 4180. The monoisotopic (exact) mass is 923 g/mol. The molecule has 0 aliphatic carbocycles. The Hall–Kier alpha value is -9.19. The Kier molecular flexibility index (Phi) is 10.3. The fourth-order valence-corrected chi connectivity index (χ4v) is 10.6. The zero-order valence-electron chi connectivity index (χ0n) is 40.3. The van der Waals surface area contributed by atoms with Crippen LogP contribution < -0.4 is 0 Å². The molecule has 342 valence electrons. The molecule has 72 heavy (non-hydrogen) atoms. The highest BCUT2D eigenvalue weighted by molar-refractivity contribution is 6.11. The zero-order valence-corrected chi connectivity index (χ0v) is 40.3. The van der Waals surface area contributed by atoms with Crippen molar-refractivity contribution in [3.05, 3.63) is 248 Å². The van der Waals surface area contributed by atoms with Crippen molar-refractivity contribution >= 4 is 43.6 Å². The molecule has 0 atom stereocenters. The first-order chi connectivity index (χ1) is 35.3. The van der Waals surface area contributed by atoms with Gasteiger partial charge < -0.3 is 9.13 Å². The van der Waals surface area contributed by atoms with E-state index in [1.54, 1.807) is 0 Å². The number of para-hydroxylation sites is 3. The van der Waals surface area contributed by atoms with Crippen molar-refractivity contribution in [2.24, 2.45) is 0 Å². The highest BCUT2D eigenvalue weighted by Gasteiger charge is 2.20. The highest BCUT2D eigenvalue weighted by Crippen LogP contribution is 2.40. The molecule has 0 N–H and O–H groups in total. The molecule has 13 rings (SSSR count). The van der Waals surface area contributed by atoms with Crippen LogP contribution in [0.3, 0.4) is 0 Å². The predicted molar refractivity (Wildman–Crippen MR) is 300 cm³/mol. The van der Waals surface area contributed by atoms with Crippen LogP contribution in [0.4, 0.5) is 0 Å². The number of fused-ring (bicyclic) bond motifs is 6. The maximum atomic E-state index is 5.18. The molecule has 0 amide bonds. The largest absolute Gasteiger partial charge is 0.309 e. The number of nitrogens with zero attached hydrogens (tertiary/aromatic N) is 5. The minimum atomic E-state index is 0.0124. The number of hydrogen-bond acceptors (Lipinski definition) is 3. The van der Waals surface area contributed by atoms with Crippen LogP contribution in [0, 0.1) is 0 Å². The van der Waals surface area contributed by atoms with Crippen LogP contribution in [0.15, 0.2) is 243 Å². The molecule has 3 aromatic heterocycles. The molecule has 5 heteroatoms. The van der Waals surface area contributed by atoms with Crippen molar-refractivity contribution in [2.75, 3.05) is 0 Å². The Balaban J connectivity index is 0.896. The van der Waals surface area contributed by atoms with E-state index >= 15 is 0 Å². The van der Waals surface area contributed by atoms with Crippen molar-refractivity contribution < 1.29 is 0 Å². The maximum Gasteiger partial charge on any atom is 0.164 e. The molecule has 0 spiro atoms. The Labute approximate surface area is 419 Å². The van der Waals surface area contributed by atoms with Crippen LogP contribution in [0.25, 0.3) is 123 Å². The predicted octanol–water partition coefficient (Wildman–Crippen LogP) is 17.4. The summed E-state index contributed by atoms with van der Waals surface area (Å²) in [4.78, 5) is 15.4. The summed E-state index contributed by atoms with van der Waals surface area (Å²) in [5.41, 5.74) is 18.0. The lowest BCUT2D eigenvalue weighted by Gasteiger charge is -2.23. The number of rotatable bonds is 8. The molecule has 0 aliphatic heterocycles. The summed E-state index contributed by atoms with van der Waals surface area (Å²) >= 11 is 0. The summed E-state index contributed by atoms with van der Waals surface area (Å²) in [5, 5.41) is 4.90. The maximum absolute atomic E-state index is 5.18. The van der Waals surface area contributed by atoms with E-state index in [0.29, 0.717) is 17.5 Å². The fourth-order valence-electron chi connectivity index (χ4n) is 10.6. The van der Waals surface area contributed by atoms with E-state index in [2.05, 4.69) is 254 Å². The van der Waals surface area contributed by atoms with Crippen LogP contribution in [-0.2, 0) is 5.41 Å². The molecule has 0 unspecified atom stereocenters. The van der Waals surface area contributed by atoms with E-state index < -0.39 is 0 Å². The van der Waals surface area contributed by atoms with Gasteiger partial charge >= 0.3 is 0 Å². The lowest BCUT2D eigenvalue weighted by Crippen LogP contribution is -2.12. The zero-order chi connectivity index (χ0) is 48.3. The van der Waals surface area contributed by atoms with Gasteiger partial charge in [0.2, 0.25) is 0 Å². The fraction of sp³-hybridized carbons (Fsp3) is 0.0597. The molecule has 0 aliphatic rings. The molecule has 13 aromatic rings. The van der Waals surface area contributed by atoms with Crippen LogP contribution in [-0.4, -0.2) is 24.1 Å². The molecule has 0 saturated heterocycles. The number of hydrogen-bond donors (Lipinski definition) is 0. The van der Waals surface area contributed by atoms with Gasteiger partial charge in [0.05, 0.1) is 22.1 Å². The molecule has 0 fully saturated rings. The molecule has 3 heterocycles. The molecule has 5 nitrogen and oxygen atoms in total. The third-order valence-electron chi connectivity index (χ3n) is 14.1. The van der Waals surface area contributed by atoms with Gasteiger partial charge in [0.15, 0.2) is 17.5 Å². The SMILES string of the molecule is CC(C)(C)c1ccccc1-c1ccc(-c2nc(-c3ccccc3)nc(-c3cccc(-c4ccc5c6ccccc6n(-c6cccc(-c7ccc8c9ccccc9n(-c9ccccc9)c8c7)c6)c5c4)c3)n2)cc1. The first kappa shape index (κ1) is 42.9. The number of aromatic nitrogens is 5. The normalized spacial score (nSPS) is 11.8. The Morgan fingerprint density at radius 3 is 1.31 bits per heavy atom. The van der Waals surface area contributed by atoms with E-state index in [1.807, 2.05) is 18.2 Å². The summed E-state index contributed by atoms with van der Waals surface area (Å²) in [7, 11) is 0. The molecular weight excluding hydrogens is 875 g/mol. The number of benzene rings is 10. The van der Waals surface area contributed by atoms with Crippen molar-refractivity contribution in [2.45, 2.75) is 26.2 Å². The van der Waals surface area contributed by atoms with Crippen molar-refractivity contribution in [1.82, 2.24) is 24.1 Å². The summed E-state index contributed by atoms with van der Waals surface area (Å²) in [6, 6.07) is 86.9. The van der Waals surface area contributed by atoms with Gasteiger partial charge in [-0.2, -0.15) is 0 Å². The average molecular weight is 924 g/mol. The average Bonchev–Trinajstić information content (AvgIpc) is 3.95. The van der Waals surface area contributed by atoms with Gasteiger partial charge in [-0.1, -0.05) is 209 Å². The topological polar surface area (TPSA) is 48.5 Å². The van der Waals surface area contributed by atoms with Gasteiger partial charge in [0, 0.05) is 49.6 Å². The smallest absolute Gasteiger partial charge is 0.164 e. The van der Waals surface area contributed by atoms with Crippen LogP contribution in [0.5, 0.6) is 0 Å². The second kappa shape index (κ2) is 17.3. The Morgan fingerprint density at radius 2 is 0.681 bits per heavy atom. The van der Waals surface area contributed by atoms with E-state index in [-0.39, 0.29) is 5.41 Å². The molecule has 0 radical (unpaired) electrons. The summed E-state index contributed by atoms with van der Waals surface area (Å²) in [6.07, 6.45) is 0. The van der Waals surface area contributed by atoms with Gasteiger partial charge in [0.25, 0.3) is 0 Å². The van der Waals surface area contributed by atoms with Gasteiger partial charge in [-0.15, -0.1) is 0 Å². The first-order valence-electron chi connectivity index (χ1n) is 24.7. The first-order valence-corrected chi connectivity index (χ1v) is 24.7. The van der Waals surface area contributed by atoms with Crippen molar-refractivity contribution in [1.29, 1.82) is 0 Å². The van der Waals surface area contributed by atoms with Gasteiger partial charge in [-0.05, 0) is 99.0 Å². The third kappa shape index (κ3) is 7.54. The second-order valence-corrected chi connectivity index (χ2v) is 19.7. The Morgan fingerprint density at radius 1 is 0.278 bits per heavy atom. The van der Waals surface area contributed by atoms with Gasteiger partial charge in [-0.25, -0.2) is 15.0 Å². The van der Waals surface area contributed by atoms with E-state index in [0.717, 1.165) is 55.8 Å². The molecule has 0 bridgehead atoms. The summed E-state index contributed by atoms with van der Waals surface area (Å²) in [6.45, 7) is 6.79. The standard InChI is InChI=1S/C67H49N5/c1-67(2,3)59-29-13-10-26-54(59)44-32-34-46(35-33-44)65-68-64(45-18-6-4-7-19-45)69-66(70-65)51-22-16-20-47(40-51)49-36-38-58-56-28-12-15-31-61(56)72(63(58)42-49)53-25-17-21-48(41-53)50-37-39-57-55-27-11-14-30-60(55)71(62(57)43-50)52-23-8-5-9-24-52/h4-43H,1-3H3. The van der Waals surface area contributed by atoms with Crippen LogP contribution in [0.1, 0.15) is 26.3 Å². The van der Waals surface area contributed by atoms with Crippen molar-refractivity contribution in [3.8, 4) is 78.9 Å². The minimum Gasteiger partial charge on any atom is -0.309 e. The molecular formula is C67H49N5. The molecule has 10 aromatic carbocycles. The van der Waals surface area contributed by atoms with Crippen molar-refractivity contribution in [3.63, 3.8) is 0 Å². The second-order valence-electron chi connectivity index (χ2n) is 19.7. The lowest BCUT2D eigenvalue weighted by atomic mass is 9.82. The van der Waals surface area contributed by atoms with Gasteiger partial charge in [-0.3, -0.25) is 0 Å². The summed E-state index contributed by atoms with van der Waals surface area (Å²) in [5.74, 6) is 1.89. The van der Waals surface area contributed by atoms with Gasteiger partial charge in [0.1, 0.15) is 0 Å². The van der Waals surface area contributed by atoms with Crippen LogP contribution in [0.2, 0.25) is 0 Å². The summed E-state index contributed by atoms with van der Waals surface area (Å²) < 4.78 is 4.80. The molecule has 0 saturated carbocycles. The quantitative estimate of drug-likeness (QED) is 0.153. The van der Waals surface area contributed by atoms with E-state index in [9.17, 15) is 0 Å². The van der Waals surface area contributed by atoms with E-state index in [1.165, 1.54) is 54.8 Å².